The van der Waals surface area contributed by atoms with Gasteiger partial charge in [-0.1, -0.05) is 53.5 Å². The highest BCUT2D eigenvalue weighted by molar-refractivity contribution is 6.42. The number of nitrogens with zero attached hydrogens (tertiary/aromatic N) is 3. The lowest BCUT2D eigenvalue weighted by atomic mass is 9.90. The Hall–Kier alpha value is -2.50. The summed E-state index contributed by atoms with van der Waals surface area (Å²) in [5.41, 5.74) is 9.12. The van der Waals surface area contributed by atoms with Gasteiger partial charge in [-0.15, -0.1) is 0 Å². The zero-order valence-electron chi connectivity index (χ0n) is 16.0. The van der Waals surface area contributed by atoms with E-state index in [1.165, 1.54) is 5.56 Å². The summed E-state index contributed by atoms with van der Waals surface area (Å²) in [4.78, 5) is 11.0. The molecule has 3 N–H and O–H groups in total. The molecule has 2 aromatic carbocycles. The molecule has 2 heterocycles. The van der Waals surface area contributed by atoms with E-state index in [9.17, 15) is 0 Å². The largest absolute Gasteiger partial charge is 0.393 e. The first-order valence-electron chi connectivity index (χ1n) is 9.71. The number of rotatable bonds is 5. The van der Waals surface area contributed by atoms with E-state index in [1.807, 2.05) is 6.07 Å². The van der Waals surface area contributed by atoms with Gasteiger partial charge in [-0.25, -0.2) is 9.97 Å². The molecule has 7 heteroatoms. The molecule has 1 aliphatic heterocycles. The van der Waals surface area contributed by atoms with Gasteiger partial charge >= 0.3 is 0 Å². The third kappa shape index (κ3) is 4.74. The maximum Gasteiger partial charge on any atom is 0.159 e. The van der Waals surface area contributed by atoms with Crippen LogP contribution in [0.25, 0.3) is 0 Å². The summed E-state index contributed by atoms with van der Waals surface area (Å²) in [5, 5.41) is 4.20. The van der Waals surface area contributed by atoms with Gasteiger partial charge in [0.2, 0.25) is 0 Å². The quantitative estimate of drug-likeness (QED) is 0.556. The van der Waals surface area contributed by atoms with Crippen LogP contribution in [-0.2, 0) is 6.42 Å². The molecule has 1 aromatic heterocycles. The Morgan fingerprint density at radius 2 is 1.76 bits per heavy atom. The van der Waals surface area contributed by atoms with Gasteiger partial charge in [0.25, 0.3) is 0 Å². The summed E-state index contributed by atoms with van der Waals surface area (Å²) in [6.07, 6.45) is 4.90. The molecule has 5 nitrogen and oxygen atoms in total. The summed E-state index contributed by atoms with van der Waals surface area (Å²) in [6.45, 7) is 1.87. The van der Waals surface area contributed by atoms with Crippen molar-refractivity contribution in [1.29, 1.82) is 0 Å². The fourth-order valence-electron chi connectivity index (χ4n) is 3.74. The molecule has 0 radical (unpaired) electrons. The Balaban J connectivity index is 1.43. The average molecular weight is 428 g/mol. The van der Waals surface area contributed by atoms with Crippen LogP contribution in [0.3, 0.4) is 0 Å². The summed E-state index contributed by atoms with van der Waals surface area (Å²) in [6, 6.07) is 16.0. The minimum Gasteiger partial charge on any atom is -0.393 e. The Morgan fingerprint density at radius 3 is 2.48 bits per heavy atom. The number of nitrogens with one attached hydrogen (secondary N) is 1. The average Bonchev–Trinajstić information content (AvgIpc) is 2.74. The monoisotopic (exact) mass is 427 g/mol. The molecule has 1 fully saturated rings. The molecule has 0 saturated carbocycles. The van der Waals surface area contributed by atoms with Crippen LogP contribution in [0, 0.1) is 5.92 Å². The van der Waals surface area contributed by atoms with Crippen molar-refractivity contribution < 1.29 is 0 Å². The second kappa shape index (κ2) is 8.89. The van der Waals surface area contributed by atoms with Gasteiger partial charge < -0.3 is 16.0 Å². The van der Waals surface area contributed by atoms with Crippen molar-refractivity contribution in [3.05, 3.63) is 70.5 Å². The normalized spacial score (nSPS) is 14.8. The lowest BCUT2D eigenvalue weighted by molar-refractivity contribution is 0.402. The Bertz CT molecular complexity index is 972. The van der Waals surface area contributed by atoms with Crippen LogP contribution in [0.2, 0.25) is 10.0 Å². The van der Waals surface area contributed by atoms with Crippen molar-refractivity contribution in [2.45, 2.75) is 19.3 Å². The summed E-state index contributed by atoms with van der Waals surface area (Å²) in [7, 11) is 0. The number of aromatic nitrogens is 2. The van der Waals surface area contributed by atoms with Gasteiger partial charge in [-0.05, 0) is 48.9 Å². The van der Waals surface area contributed by atoms with E-state index < -0.39 is 0 Å². The zero-order chi connectivity index (χ0) is 20.2. The molecular weight excluding hydrogens is 405 g/mol. The molecule has 0 amide bonds. The first kappa shape index (κ1) is 19.8. The van der Waals surface area contributed by atoms with Crippen LogP contribution in [0.4, 0.5) is 23.0 Å². The molecule has 0 atom stereocenters. The first-order valence-corrected chi connectivity index (χ1v) is 10.5. The van der Waals surface area contributed by atoms with Crippen molar-refractivity contribution in [3.63, 3.8) is 0 Å². The van der Waals surface area contributed by atoms with E-state index in [4.69, 9.17) is 28.9 Å². The Morgan fingerprint density at radius 1 is 1.00 bits per heavy atom. The summed E-state index contributed by atoms with van der Waals surface area (Å²) >= 11 is 12.1. The van der Waals surface area contributed by atoms with E-state index in [-0.39, 0.29) is 0 Å². The second-order valence-electron chi connectivity index (χ2n) is 7.33. The highest BCUT2D eigenvalue weighted by Crippen LogP contribution is 2.33. The number of hydrogen-bond donors (Lipinski definition) is 2. The SMILES string of the molecule is Nc1c(Nc2ccc(Cl)c(Cl)c2)ncnc1N1CCC(Cc2ccccc2)CC1. The standard InChI is InChI=1S/C22H23Cl2N5/c23-18-7-6-17(13-19(18)24)28-21-20(25)22(27-14-26-21)29-10-8-16(9-11-29)12-15-4-2-1-3-5-15/h1-7,13-14,16H,8-12,25H2,(H,26,27,28). The maximum atomic E-state index is 6.40. The first-order chi connectivity index (χ1) is 14.1. The molecule has 0 bridgehead atoms. The minimum absolute atomic E-state index is 0.477. The molecule has 150 valence electrons. The molecule has 1 aliphatic rings. The summed E-state index contributed by atoms with van der Waals surface area (Å²) in [5.74, 6) is 2.03. The van der Waals surface area contributed by atoms with Gasteiger partial charge in [0.05, 0.1) is 10.0 Å². The predicted octanol–water partition coefficient (Wildman–Crippen LogP) is 5.57. The van der Waals surface area contributed by atoms with Gasteiger partial charge in [0, 0.05) is 18.8 Å². The molecule has 1 saturated heterocycles. The van der Waals surface area contributed by atoms with Crippen molar-refractivity contribution in [1.82, 2.24) is 9.97 Å². The number of anilines is 4. The van der Waals surface area contributed by atoms with E-state index in [0.717, 1.165) is 43.9 Å². The third-order valence-electron chi connectivity index (χ3n) is 5.33. The van der Waals surface area contributed by atoms with Crippen LogP contribution in [0.1, 0.15) is 18.4 Å². The number of nitrogens with two attached hydrogens (primary N) is 1. The van der Waals surface area contributed by atoms with Crippen LogP contribution in [0.5, 0.6) is 0 Å². The van der Waals surface area contributed by atoms with Crippen LogP contribution >= 0.6 is 23.2 Å². The smallest absolute Gasteiger partial charge is 0.159 e. The summed E-state index contributed by atoms with van der Waals surface area (Å²) < 4.78 is 0. The van der Waals surface area contributed by atoms with Crippen LogP contribution in [-0.4, -0.2) is 23.1 Å². The second-order valence-corrected chi connectivity index (χ2v) is 8.15. The van der Waals surface area contributed by atoms with Crippen LogP contribution < -0.4 is 16.0 Å². The Labute approximate surface area is 180 Å². The van der Waals surface area contributed by atoms with Crippen LogP contribution in [0.15, 0.2) is 54.9 Å². The fourth-order valence-corrected chi connectivity index (χ4v) is 4.04. The number of nitrogen functional groups attached to an aromatic ring is 1. The molecular formula is C22H23Cl2N5. The molecule has 4 rings (SSSR count). The van der Waals surface area contributed by atoms with Gasteiger partial charge in [0.15, 0.2) is 11.6 Å². The van der Waals surface area contributed by atoms with E-state index in [0.29, 0.717) is 27.5 Å². The fraction of sp³-hybridized carbons (Fsp3) is 0.273. The van der Waals surface area contributed by atoms with Crippen molar-refractivity contribution in [3.8, 4) is 0 Å². The van der Waals surface area contributed by atoms with E-state index in [2.05, 4.69) is 50.5 Å². The molecule has 0 spiro atoms. The maximum absolute atomic E-state index is 6.40. The van der Waals surface area contributed by atoms with E-state index >= 15 is 0 Å². The van der Waals surface area contributed by atoms with Crippen molar-refractivity contribution in [2.75, 3.05) is 29.0 Å². The van der Waals surface area contributed by atoms with Gasteiger partial charge in [0.1, 0.15) is 12.0 Å². The third-order valence-corrected chi connectivity index (χ3v) is 6.07. The van der Waals surface area contributed by atoms with Crippen molar-refractivity contribution in [2.24, 2.45) is 5.92 Å². The number of piperidine rings is 1. The Kier molecular flexibility index (Phi) is 6.07. The highest BCUT2D eigenvalue weighted by Gasteiger charge is 2.23. The lowest BCUT2D eigenvalue weighted by Crippen LogP contribution is -2.35. The van der Waals surface area contributed by atoms with Gasteiger partial charge in [-0.2, -0.15) is 0 Å². The highest BCUT2D eigenvalue weighted by atomic mass is 35.5. The molecule has 29 heavy (non-hydrogen) atoms. The topological polar surface area (TPSA) is 67.1 Å². The predicted molar refractivity (Wildman–Crippen MR) is 121 cm³/mol. The molecule has 0 unspecified atom stereocenters. The number of hydrogen-bond acceptors (Lipinski definition) is 5. The van der Waals surface area contributed by atoms with Gasteiger partial charge in [-0.3, -0.25) is 0 Å². The lowest BCUT2D eigenvalue weighted by Gasteiger charge is -2.33. The van der Waals surface area contributed by atoms with E-state index in [1.54, 1.807) is 18.5 Å². The molecule has 0 aliphatic carbocycles. The number of benzene rings is 2. The molecule has 3 aromatic rings. The number of halogens is 2. The zero-order valence-corrected chi connectivity index (χ0v) is 17.5. The minimum atomic E-state index is 0.477. The van der Waals surface area contributed by atoms with Crippen molar-refractivity contribution >= 4 is 46.2 Å².